The van der Waals surface area contributed by atoms with E-state index in [4.69, 9.17) is 0 Å². The van der Waals surface area contributed by atoms with Crippen molar-refractivity contribution < 1.29 is 4.39 Å². The second-order valence-corrected chi connectivity index (χ2v) is 4.37. The molecule has 0 amide bonds. The van der Waals surface area contributed by atoms with Crippen molar-refractivity contribution in [3.63, 3.8) is 0 Å². The summed E-state index contributed by atoms with van der Waals surface area (Å²) in [6.07, 6.45) is 4.64. The maximum Gasteiger partial charge on any atom is 0.0906 e. The Bertz CT molecular complexity index is 138. The Labute approximate surface area is 81.1 Å². The van der Waals surface area contributed by atoms with E-state index < -0.39 is 0 Å². The molecule has 0 spiro atoms. The average Bonchev–Trinajstić information content (AvgIpc) is 2.13. The monoisotopic (exact) mass is 187 g/mol. The summed E-state index contributed by atoms with van der Waals surface area (Å²) in [6.45, 7) is 5.30. The van der Waals surface area contributed by atoms with Crippen molar-refractivity contribution in [3.8, 4) is 0 Å². The third-order valence-corrected chi connectivity index (χ3v) is 3.42. The zero-order chi connectivity index (χ0) is 9.68. The Kier molecular flexibility index (Phi) is 4.71. The molecule has 0 aliphatic heterocycles. The molecular weight excluding hydrogens is 165 g/mol. The molecule has 1 nitrogen and oxygen atoms in total. The Morgan fingerprint density at radius 3 is 2.77 bits per heavy atom. The Morgan fingerprint density at radius 2 is 2.08 bits per heavy atom. The summed E-state index contributed by atoms with van der Waals surface area (Å²) in [6, 6.07) is 0.635. The molecule has 13 heavy (non-hydrogen) atoms. The van der Waals surface area contributed by atoms with Gasteiger partial charge < -0.3 is 5.32 Å². The van der Waals surface area contributed by atoms with Gasteiger partial charge in [-0.3, -0.25) is 4.39 Å². The maximum absolute atomic E-state index is 11.9. The van der Waals surface area contributed by atoms with Crippen LogP contribution in [0.4, 0.5) is 4.39 Å². The highest BCUT2D eigenvalue weighted by Gasteiger charge is 2.25. The molecule has 3 atom stereocenters. The largest absolute Gasteiger partial charge is 0.314 e. The van der Waals surface area contributed by atoms with Crippen LogP contribution < -0.4 is 5.32 Å². The molecule has 2 heteroatoms. The van der Waals surface area contributed by atoms with E-state index in [1.807, 2.05) is 0 Å². The first-order chi connectivity index (χ1) is 6.25. The number of hydrogen-bond acceptors (Lipinski definition) is 1. The van der Waals surface area contributed by atoms with Gasteiger partial charge in [0, 0.05) is 6.04 Å². The van der Waals surface area contributed by atoms with Gasteiger partial charge in [0.05, 0.1) is 6.67 Å². The molecule has 1 aliphatic rings. The van der Waals surface area contributed by atoms with Crippen molar-refractivity contribution in [1.29, 1.82) is 0 Å². The first kappa shape index (κ1) is 11.0. The lowest BCUT2D eigenvalue weighted by atomic mass is 9.78. The van der Waals surface area contributed by atoms with Crippen LogP contribution >= 0.6 is 0 Å². The SMILES string of the molecule is CC1CCCC(NCCCF)C1C. The van der Waals surface area contributed by atoms with Crippen LogP contribution in [0.1, 0.15) is 39.5 Å². The second kappa shape index (κ2) is 5.58. The molecular formula is C11H22FN. The lowest BCUT2D eigenvalue weighted by molar-refractivity contribution is 0.206. The quantitative estimate of drug-likeness (QED) is 0.667. The van der Waals surface area contributed by atoms with Gasteiger partial charge in [0.15, 0.2) is 0 Å². The molecule has 0 aromatic heterocycles. The van der Waals surface area contributed by atoms with Gasteiger partial charge in [-0.15, -0.1) is 0 Å². The lowest BCUT2D eigenvalue weighted by Gasteiger charge is -2.34. The zero-order valence-electron chi connectivity index (χ0n) is 8.85. The molecule has 1 fully saturated rings. The summed E-state index contributed by atoms with van der Waals surface area (Å²) in [4.78, 5) is 0. The van der Waals surface area contributed by atoms with Gasteiger partial charge in [-0.1, -0.05) is 26.7 Å². The van der Waals surface area contributed by atoms with Crippen LogP contribution in [0.15, 0.2) is 0 Å². The summed E-state index contributed by atoms with van der Waals surface area (Å²) < 4.78 is 11.9. The van der Waals surface area contributed by atoms with Crippen LogP contribution in [0.3, 0.4) is 0 Å². The molecule has 1 aliphatic carbocycles. The minimum atomic E-state index is -0.191. The maximum atomic E-state index is 11.9. The Hall–Kier alpha value is -0.110. The van der Waals surface area contributed by atoms with E-state index in [-0.39, 0.29) is 6.67 Å². The van der Waals surface area contributed by atoms with Crippen molar-refractivity contribution in [3.05, 3.63) is 0 Å². The summed E-state index contributed by atoms with van der Waals surface area (Å²) in [5, 5.41) is 3.46. The van der Waals surface area contributed by atoms with Crippen LogP contribution in [0.25, 0.3) is 0 Å². The molecule has 0 saturated heterocycles. The lowest BCUT2D eigenvalue weighted by Crippen LogP contribution is -2.41. The number of halogens is 1. The fraction of sp³-hybridized carbons (Fsp3) is 1.00. The summed E-state index contributed by atoms with van der Waals surface area (Å²) in [5.74, 6) is 1.59. The highest BCUT2D eigenvalue weighted by Crippen LogP contribution is 2.29. The van der Waals surface area contributed by atoms with Crippen LogP contribution in [-0.2, 0) is 0 Å². The summed E-state index contributed by atoms with van der Waals surface area (Å²) in [5.41, 5.74) is 0. The van der Waals surface area contributed by atoms with Crippen molar-refractivity contribution >= 4 is 0 Å². The highest BCUT2D eigenvalue weighted by atomic mass is 19.1. The van der Waals surface area contributed by atoms with Gasteiger partial charge in [-0.05, 0) is 31.2 Å². The van der Waals surface area contributed by atoms with Crippen LogP contribution in [-0.4, -0.2) is 19.3 Å². The molecule has 1 saturated carbocycles. The van der Waals surface area contributed by atoms with E-state index in [2.05, 4.69) is 19.2 Å². The molecule has 0 radical (unpaired) electrons. The first-order valence-electron chi connectivity index (χ1n) is 5.55. The van der Waals surface area contributed by atoms with E-state index in [0.717, 1.165) is 18.4 Å². The topological polar surface area (TPSA) is 12.0 Å². The zero-order valence-corrected chi connectivity index (χ0v) is 8.85. The molecule has 1 rings (SSSR count). The molecule has 0 heterocycles. The number of rotatable bonds is 4. The van der Waals surface area contributed by atoms with Gasteiger partial charge in [0.25, 0.3) is 0 Å². The minimum absolute atomic E-state index is 0.191. The first-order valence-corrected chi connectivity index (χ1v) is 5.55. The predicted molar refractivity (Wildman–Crippen MR) is 54.6 cm³/mol. The van der Waals surface area contributed by atoms with Gasteiger partial charge in [-0.2, -0.15) is 0 Å². The molecule has 1 N–H and O–H groups in total. The van der Waals surface area contributed by atoms with E-state index in [1.165, 1.54) is 19.3 Å². The fourth-order valence-electron chi connectivity index (χ4n) is 2.22. The van der Waals surface area contributed by atoms with Crippen LogP contribution in [0.2, 0.25) is 0 Å². The predicted octanol–water partition coefficient (Wildman–Crippen LogP) is 2.76. The van der Waals surface area contributed by atoms with Gasteiger partial charge in [0.2, 0.25) is 0 Å². The standard InChI is InChI=1S/C11H22FN/c1-9-5-3-6-11(10(9)2)13-8-4-7-12/h9-11,13H,3-8H2,1-2H3. The molecule has 0 aromatic rings. The van der Waals surface area contributed by atoms with Gasteiger partial charge in [-0.25, -0.2) is 0 Å². The summed E-state index contributed by atoms with van der Waals surface area (Å²) in [7, 11) is 0. The minimum Gasteiger partial charge on any atom is -0.314 e. The van der Waals surface area contributed by atoms with Crippen molar-refractivity contribution in [2.24, 2.45) is 11.8 Å². The van der Waals surface area contributed by atoms with Crippen molar-refractivity contribution in [1.82, 2.24) is 5.32 Å². The van der Waals surface area contributed by atoms with Crippen molar-refractivity contribution in [2.45, 2.75) is 45.6 Å². The average molecular weight is 187 g/mol. The fourth-order valence-corrected chi connectivity index (χ4v) is 2.22. The number of nitrogens with one attached hydrogen (secondary N) is 1. The molecule has 0 bridgehead atoms. The van der Waals surface area contributed by atoms with E-state index in [9.17, 15) is 4.39 Å². The van der Waals surface area contributed by atoms with E-state index in [0.29, 0.717) is 12.5 Å². The third-order valence-electron chi connectivity index (χ3n) is 3.42. The van der Waals surface area contributed by atoms with Gasteiger partial charge >= 0.3 is 0 Å². The van der Waals surface area contributed by atoms with E-state index >= 15 is 0 Å². The number of hydrogen-bond donors (Lipinski definition) is 1. The summed E-state index contributed by atoms with van der Waals surface area (Å²) >= 11 is 0. The Morgan fingerprint density at radius 1 is 1.31 bits per heavy atom. The van der Waals surface area contributed by atoms with Gasteiger partial charge in [0.1, 0.15) is 0 Å². The molecule has 78 valence electrons. The molecule has 0 aromatic carbocycles. The number of alkyl halides is 1. The van der Waals surface area contributed by atoms with E-state index in [1.54, 1.807) is 0 Å². The highest BCUT2D eigenvalue weighted by molar-refractivity contribution is 4.81. The van der Waals surface area contributed by atoms with Crippen LogP contribution in [0.5, 0.6) is 0 Å². The Balaban J connectivity index is 2.23. The van der Waals surface area contributed by atoms with Crippen molar-refractivity contribution in [2.75, 3.05) is 13.2 Å². The van der Waals surface area contributed by atoms with Crippen LogP contribution in [0, 0.1) is 11.8 Å². The molecule has 3 unspecified atom stereocenters. The second-order valence-electron chi connectivity index (χ2n) is 4.37. The smallest absolute Gasteiger partial charge is 0.0906 e. The third kappa shape index (κ3) is 3.26. The normalized spacial score (nSPS) is 34.8.